The van der Waals surface area contributed by atoms with Crippen LogP contribution in [0.2, 0.25) is 0 Å². The van der Waals surface area contributed by atoms with Crippen molar-refractivity contribution < 1.29 is 30.2 Å². The first-order chi connectivity index (χ1) is 17.7. The summed E-state index contributed by atoms with van der Waals surface area (Å²) in [5.41, 5.74) is 3.44. The average molecular weight is 666 g/mol. The predicted octanol–water partition coefficient (Wildman–Crippen LogP) is 6.27. The maximum atomic E-state index is 14.1. The molecule has 8 heteroatoms. The molecule has 184 valence electrons. The monoisotopic (exact) mass is 665 g/mol. The quantitative estimate of drug-likeness (QED) is 0.212. The standard InChI is InChI=1S/C29H17FN5O.Pt/c30-20-10-11-32-29(13-20)35-27-7-2-1-6-25(27)26-9-8-23(15-28(26)35)36-24-14-22(16-31-17-24)34-18-21-5-3-4-12-33(21)19-34;/h1-13,16-19H;/q-3;. The van der Waals surface area contributed by atoms with E-state index in [1.165, 1.54) is 18.3 Å². The molecule has 5 heterocycles. The molecule has 0 amide bonds. The Hall–Kier alpha value is -4.22. The van der Waals surface area contributed by atoms with Gasteiger partial charge in [-0.25, -0.2) is 9.37 Å². The number of halogens is 1. The van der Waals surface area contributed by atoms with Crippen LogP contribution < -0.4 is 9.64 Å². The maximum absolute atomic E-state index is 14.1. The molecule has 6 nitrogen and oxygen atoms in total. The molecule has 0 atom stereocenters. The molecule has 0 bridgehead atoms. The van der Waals surface area contributed by atoms with Crippen molar-refractivity contribution in [3.8, 4) is 17.3 Å². The molecule has 0 spiro atoms. The Bertz CT molecular complexity index is 1740. The maximum Gasteiger partial charge on any atom is 0.138 e. The second-order valence-electron chi connectivity index (χ2n) is 8.34. The number of aromatic nitrogens is 3. The van der Waals surface area contributed by atoms with Crippen molar-refractivity contribution >= 4 is 27.5 Å². The summed E-state index contributed by atoms with van der Waals surface area (Å²) in [5, 5.41) is 1.99. The van der Waals surface area contributed by atoms with Crippen molar-refractivity contribution in [2.45, 2.75) is 0 Å². The molecule has 2 aliphatic rings. The van der Waals surface area contributed by atoms with Crippen LogP contribution in [0.4, 0.5) is 10.1 Å². The number of ether oxygens (including phenoxy) is 1. The molecule has 0 N–H and O–H groups in total. The van der Waals surface area contributed by atoms with Gasteiger partial charge in [-0.15, -0.1) is 30.3 Å². The summed E-state index contributed by atoms with van der Waals surface area (Å²) in [7, 11) is 0. The smallest absolute Gasteiger partial charge is 0.138 e. The first-order valence-electron chi connectivity index (χ1n) is 11.3. The van der Waals surface area contributed by atoms with E-state index >= 15 is 0 Å². The fraction of sp³-hybridized carbons (Fsp3) is 0. The van der Waals surface area contributed by atoms with Crippen molar-refractivity contribution in [1.82, 2.24) is 19.4 Å². The van der Waals surface area contributed by atoms with Crippen LogP contribution in [-0.2, 0) is 21.1 Å². The van der Waals surface area contributed by atoms with Gasteiger partial charge in [-0.3, -0.25) is 0 Å². The number of hydrogen-bond donors (Lipinski definition) is 0. The molecule has 3 aromatic heterocycles. The zero-order valence-electron chi connectivity index (χ0n) is 19.2. The Labute approximate surface area is 226 Å². The number of allylic oxidation sites excluding steroid dienone is 3. The number of pyridine rings is 2. The third-order valence-electron chi connectivity index (χ3n) is 6.07. The third-order valence-corrected chi connectivity index (χ3v) is 6.07. The molecule has 2 aromatic carbocycles. The fourth-order valence-corrected chi connectivity index (χ4v) is 4.48. The molecule has 37 heavy (non-hydrogen) atoms. The molecule has 7 rings (SSSR count). The Morgan fingerprint density at radius 1 is 0.919 bits per heavy atom. The topological polar surface area (TPSA) is 46.4 Å². The predicted molar refractivity (Wildman–Crippen MR) is 135 cm³/mol. The van der Waals surface area contributed by atoms with Gasteiger partial charge in [-0.05, 0) is 48.3 Å². The van der Waals surface area contributed by atoms with E-state index in [9.17, 15) is 4.39 Å². The van der Waals surface area contributed by atoms with Crippen LogP contribution in [0, 0.1) is 24.6 Å². The van der Waals surface area contributed by atoms with Gasteiger partial charge in [0.05, 0.1) is 0 Å². The van der Waals surface area contributed by atoms with Gasteiger partial charge in [-0.2, -0.15) is 6.07 Å². The number of rotatable bonds is 4. The molecule has 0 radical (unpaired) electrons. The number of nitrogens with zero attached hydrogens (tertiary/aromatic N) is 5. The van der Waals surface area contributed by atoms with Crippen LogP contribution in [0.5, 0.6) is 11.5 Å². The Morgan fingerprint density at radius 2 is 1.84 bits per heavy atom. The van der Waals surface area contributed by atoms with Gasteiger partial charge < -0.3 is 24.1 Å². The summed E-state index contributed by atoms with van der Waals surface area (Å²) in [5.74, 6) is 1.07. The number of benzene rings is 2. The van der Waals surface area contributed by atoms with Crippen LogP contribution in [0.15, 0.2) is 103 Å². The molecule has 0 fully saturated rings. The second kappa shape index (κ2) is 9.34. The number of anilines is 1. The first kappa shape index (κ1) is 23.2. The van der Waals surface area contributed by atoms with Crippen molar-refractivity contribution in [3.05, 3.63) is 128 Å². The Kier molecular flexibility index (Phi) is 5.85. The molecule has 2 aliphatic heterocycles. The van der Waals surface area contributed by atoms with E-state index in [0.717, 1.165) is 33.2 Å². The Morgan fingerprint density at radius 3 is 2.73 bits per heavy atom. The van der Waals surface area contributed by atoms with Gasteiger partial charge in [0.15, 0.2) is 0 Å². The zero-order chi connectivity index (χ0) is 24.1. The van der Waals surface area contributed by atoms with E-state index in [1.54, 1.807) is 12.4 Å². The number of para-hydroxylation sites is 1. The summed E-state index contributed by atoms with van der Waals surface area (Å²) >= 11 is 0. The van der Waals surface area contributed by atoms with Gasteiger partial charge in [0.1, 0.15) is 11.6 Å². The fourth-order valence-electron chi connectivity index (χ4n) is 4.48. The van der Waals surface area contributed by atoms with Crippen LogP contribution >= 0.6 is 0 Å². The summed E-state index contributed by atoms with van der Waals surface area (Å²) in [4.78, 5) is 12.7. The molecule has 5 aromatic rings. The summed E-state index contributed by atoms with van der Waals surface area (Å²) in [6.07, 6.45) is 14.8. The van der Waals surface area contributed by atoms with Crippen LogP contribution in [0.25, 0.3) is 27.6 Å². The number of fused-ring (bicyclic) bond motifs is 4. The summed E-state index contributed by atoms with van der Waals surface area (Å²) in [6.45, 7) is 1.95. The van der Waals surface area contributed by atoms with E-state index in [-0.39, 0.29) is 26.9 Å². The van der Waals surface area contributed by atoms with Crippen molar-refractivity contribution in [1.29, 1.82) is 0 Å². The summed E-state index contributed by atoms with van der Waals surface area (Å²) in [6, 6.07) is 21.1. The van der Waals surface area contributed by atoms with Crippen molar-refractivity contribution in [3.63, 3.8) is 0 Å². The van der Waals surface area contributed by atoms with E-state index in [2.05, 4.69) is 22.1 Å². The van der Waals surface area contributed by atoms with E-state index in [0.29, 0.717) is 17.3 Å². The summed E-state index contributed by atoms with van der Waals surface area (Å²) < 4.78 is 22.1. The van der Waals surface area contributed by atoms with Gasteiger partial charge in [0.2, 0.25) is 0 Å². The number of hydrogen-bond acceptors (Lipinski definition) is 5. The van der Waals surface area contributed by atoms with E-state index in [4.69, 9.17) is 4.74 Å². The molecule has 0 saturated heterocycles. The first-order valence-corrected chi connectivity index (χ1v) is 11.3. The van der Waals surface area contributed by atoms with Crippen LogP contribution in [0.3, 0.4) is 0 Å². The minimum Gasteiger partial charge on any atom is -0.508 e. The van der Waals surface area contributed by atoms with Gasteiger partial charge >= 0.3 is 0 Å². The molecular weight excluding hydrogens is 648 g/mol. The van der Waals surface area contributed by atoms with E-state index < -0.39 is 0 Å². The minimum atomic E-state index is -0.355. The zero-order valence-corrected chi connectivity index (χ0v) is 21.4. The van der Waals surface area contributed by atoms with Gasteiger partial charge in [0, 0.05) is 56.0 Å². The van der Waals surface area contributed by atoms with Crippen molar-refractivity contribution in [2.75, 3.05) is 4.90 Å². The second-order valence-corrected chi connectivity index (χ2v) is 8.34. The molecule has 0 unspecified atom stereocenters. The minimum absolute atomic E-state index is 0. The molecule has 0 saturated carbocycles. The third kappa shape index (κ3) is 4.11. The van der Waals surface area contributed by atoms with Crippen LogP contribution in [-0.4, -0.2) is 19.4 Å². The Balaban J connectivity index is 0.00000252. The molecule has 0 aliphatic carbocycles. The SMILES string of the molecule is Fc1ccnc(-n2c3[c-]c(Oc4[c-]c(N5C=C6C=CC=CN6[CH-]5)cnc4)ccc3c3ccccc32)c1.[Pt]. The molecular formula is C29H17FN5OPt-3. The van der Waals surface area contributed by atoms with Crippen molar-refractivity contribution in [2.24, 2.45) is 0 Å². The van der Waals surface area contributed by atoms with Crippen LogP contribution in [0.1, 0.15) is 0 Å². The normalized spacial score (nSPS) is 14.1. The largest absolute Gasteiger partial charge is 0.508 e. The van der Waals surface area contributed by atoms with Gasteiger partial charge in [-0.1, -0.05) is 41.7 Å². The van der Waals surface area contributed by atoms with Gasteiger partial charge in [0.25, 0.3) is 0 Å². The average Bonchev–Trinajstić information content (AvgIpc) is 3.48. The van der Waals surface area contributed by atoms with E-state index in [1.807, 2.05) is 88.1 Å².